The average Bonchev–Trinajstić information content (AvgIpc) is 2.94. The first-order valence-corrected chi connectivity index (χ1v) is 8.79. The molecule has 0 saturated carbocycles. The third kappa shape index (κ3) is 3.38. The Hall–Kier alpha value is -2.20. The number of methoxy groups -OCH3 is 1. The van der Waals surface area contributed by atoms with Gasteiger partial charge in [0.15, 0.2) is 0 Å². The van der Waals surface area contributed by atoms with Crippen LogP contribution in [0, 0.1) is 0 Å². The molecule has 3 aliphatic rings. The van der Waals surface area contributed by atoms with Gasteiger partial charge >= 0.3 is 5.97 Å². The van der Waals surface area contributed by atoms with Gasteiger partial charge in [0.2, 0.25) is 18.1 Å². The lowest BCUT2D eigenvalue weighted by atomic mass is 10.0. The van der Waals surface area contributed by atoms with Gasteiger partial charge in [-0.1, -0.05) is 0 Å². The van der Waals surface area contributed by atoms with Crippen molar-refractivity contribution in [2.45, 2.75) is 56.5 Å². The molecule has 10 nitrogen and oxygen atoms in total. The molecule has 3 aliphatic heterocycles. The third-order valence-corrected chi connectivity index (χ3v) is 5.04. The van der Waals surface area contributed by atoms with Crippen molar-refractivity contribution in [3.8, 4) is 0 Å². The lowest BCUT2D eigenvalue weighted by Gasteiger charge is -2.43. The van der Waals surface area contributed by atoms with E-state index in [2.05, 4.69) is 10.6 Å². The Balaban J connectivity index is 1.79. The van der Waals surface area contributed by atoms with E-state index in [4.69, 9.17) is 9.47 Å². The van der Waals surface area contributed by atoms with Crippen molar-refractivity contribution in [1.82, 2.24) is 20.7 Å². The van der Waals surface area contributed by atoms with Crippen LogP contribution in [0.15, 0.2) is 0 Å². The van der Waals surface area contributed by atoms with E-state index in [0.29, 0.717) is 25.8 Å². The van der Waals surface area contributed by atoms with Gasteiger partial charge in [-0.2, -0.15) is 0 Å². The van der Waals surface area contributed by atoms with Gasteiger partial charge < -0.3 is 20.1 Å². The predicted octanol–water partition coefficient (Wildman–Crippen LogP) is -1.49. The summed E-state index contributed by atoms with van der Waals surface area (Å²) in [4.78, 5) is 49.6. The smallest absolute Gasteiger partial charge is 0.310 e. The zero-order chi connectivity index (χ0) is 18.8. The van der Waals surface area contributed by atoms with Crippen LogP contribution in [0.4, 0.5) is 0 Å². The molecule has 10 heteroatoms. The molecule has 26 heavy (non-hydrogen) atoms. The summed E-state index contributed by atoms with van der Waals surface area (Å²) in [5.41, 5.74) is 0. The first-order chi connectivity index (χ1) is 12.5. The standard InChI is InChI=1S/C16H24N4O6/c1-17-9-5-6-12(21)19-7-3-4-11(20(19)15(9)24)14(23)18-10-8-13(22)26-16(10)25-2/h9-11,16-17H,3-8H2,1-2H3,(H,18,23). The van der Waals surface area contributed by atoms with Crippen LogP contribution in [0.2, 0.25) is 0 Å². The molecule has 0 radical (unpaired) electrons. The van der Waals surface area contributed by atoms with Crippen LogP contribution in [-0.4, -0.2) is 78.8 Å². The Morgan fingerprint density at radius 2 is 2.04 bits per heavy atom. The van der Waals surface area contributed by atoms with Crippen molar-refractivity contribution in [2.24, 2.45) is 0 Å². The summed E-state index contributed by atoms with van der Waals surface area (Å²) >= 11 is 0. The molecule has 0 aromatic rings. The summed E-state index contributed by atoms with van der Waals surface area (Å²) in [7, 11) is 3.05. The number of amides is 3. The molecule has 0 aromatic carbocycles. The molecular formula is C16H24N4O6. The molecule has 3 rings (SSSR count). The number of cyclic esters (lactones) is 1. The maximum Gasteiger partial charge on any atom is 0.310 e. The van der Waals surface area contributed by atoms with Gasteiger partial charge in [0, 0.05) is 20.1 Å². The summed E-state index contributed by atoms with van der Waals surface area (Å²) in [5.74, 6) is -1.33. The van der Waals surface area contributed by atoms with Gasteiger partial charge in [0.1, 0.15) is 12.1 Å². The van der Waals surface area contributed by atoms with Gasteiger partial charge in [-0.15, -0.1) is 0 Å². The van der Waals surface area contributed by atoms with Crippen LogP contribution in [0.3, 0.4) is 0 Å². The molecule has 4 atom stereocenters. The molecule has 3 saturated heterocycles. The fraction of sp³-hybridized carbons (Fsp3) is 0.750. The van der Waals surface area contributed by atoms with Gasteiger partial charge in [-0.25, -0.2) is 5.01 Å². The number of rotatable bonds is 4. The van der Waals surface area contributed by atoms with E-state index in [1.165, 1.54) is 17.1 Å². The van der Waals surface area contributed by atoms with Crippen molar-refractivity contribution in [3.63, 3.8) is 0 Å². The van der Waals surface area contributed by atoms with Gasteiger partial charge in [-0.3, -0.25) is 24.2 Å². The number of fused-ring (bicyclic) bond motifs is 1. The highest BCUT2D eigenvalue weighted by atomic mass is 16.7. The van der Waals surface area contributed by atoms with E-state index in [1.54, 1.807) is 7.05 Å². The van der Waals surface area contributed by atoms with Crippen LogP contribution < -0.4 is 10.6 Å². The fourth-order valence-corrected chi connectivity index (χ4v) is 3.69. The molecule has 0 aromatic heterocycles. The van der Waals surface area contributed by atoms with E-state index in [-0.39, 0.29) is 24.7 Å². The maximum absolute atomic E-state index is 12.9. The molecule has 0 aliphatic carbocycles. The first-order valence-electron chi connectivity index (χ1n) is 8.79. The summed E-state index contributed by atoms with van der Waals surface area (Å²) in [6, 6.07) is -1.93. The monoisotopic (exact) mass is 368 g/mol. The number of likely N-dealkylation sites (N-methyl/N-ethyl adjacent to an activating group) is 1. The van der Waals surface area contributed by atoms with Crippen LogP contribution in [-0.2, 0) is 28.7 Å². The maximum atomic E-state index is 12.9. The number of carbonyl (C=O) groups excluding carboxylic acids is 4. The second-order valence-corrected chi connectivity index (χ2v) is 6.65. The summed E-state index contributed by atoms with van der Waals surface area (Å²) in [6.07, 6.45) is 0.859. The van der Waals surface area contributed by atoms with Crippen LogP contribution in [0.25, 0.3) is 0 Å². The number of nitrogens with zero attached hydrogens (tertiary/aromatic N) is 2. The molecule has 3 fully saturated rings. The largest absolute Gasteiger partial charge is 0.433 e. The van der Waals surface area contributed by atoms with Crippen molar-refractivity contribution < 1.29 is 28.7 Å². The Morgan fingerprint density at radius 1 is 1.27 bits per heavy atom. The number of esters is 1. The quantitative estimate of drug-likeness (QED) is 0.580. The number of hydrazine groups is 1. The molecule has 144 valence electrons. The number of carbonyl (C=O) groups is 4. The molecular weight excluding hydrogens is 344 g/mol. The van der Waals surface area contributed by atoms with E-state index < -0.39 is 36.3 Å². The van der Waals surface area contributed by atoms with Crippen molar-refractivity contribution in [2.75, 3.05) is 20.7 Å². The van der Waals surface area contributed by atoms with Gasteiger partial charge in [-0.05, 0) is 26.3 Å². The average molecular weight is 368 g/mol. The molecule has 2 N–H and O–H groups in total. The SMILES string of the molecule is CNC1CCC(=O)N2CCCC(C(=O)NC3CC(=O)OC3OC)N2C1=O. The Kier molecular flexibility index (Phi) is 5.42. The lowest BCUT2D eigenvalue weighted by molar-refractivity contribution is -0.177. The molecule has 0 bridgehead atoms. The van der Waals surface area contributed by atoms with E-state index in [9.17, 15) is 19.2 Å². The topological polar surface area (TPSA) is 117 Å². The highest BCUT2D eigenvalue weighted by Gasteiger charge is 2.45. The minimum atomic E-state index is -0.849. The van der Waals surface area contributed by atoms with Crippen LogP contribution in [0.1, 0.15) is 32.1 Å². The Morgan fingerprint density at radius 3 is 2.73 bits per heavy atom. The first kappa shape index (κ1) is 18.6. The second-order valence-electron chi connectivity index (χ2n) is 6.65. The van der Waals surface area contributed by atoms with Gasteiger partial charge in [0.05, 0.1) is 12.5 Å². The number of nitrogens with one attached hydrogen (secondary N) is 2. The van der Waals surface area contributed by atoms with Gasteiger partial charge in [0.25, 0.3) is 5.91 Å². The Bertz CT molecular complexity index is 612. The minimum Gasteiger partial charge on any atom is -0.433 e. The van der Waals surface area contributed by atoms with E-state index >= 15 is 0 Å². The fourth-order valence-electron chi connectivity index (χ4n) is 3.69. The van der Waals surface area contributed by atoms with E-state index in [1.807, 2.05) is 0 Å². The van der Waals surface area contributed by atoms with Crippen molar-refractivity contribution >= 4 is 23.7 Å². The third-order valence-electron chi connectivity index (χ3n) is 5.04. The highest BCUT2D eigenvalue weighted by molar-refractivity contribution is 5.93. The highest BCUT2D eigenvalue weighted by Crippen LogP contribution is 2.25. The zero-order valence-corrected chi connectivity index (χ0v) is 14.9. The predicted molar refractivity (Wildman–Crippen MR) is 87.1 cm³/mol. The van der Waals surface area contributed by atoms with Crippen LogP contribution >= 0.6 is 0 Å². The number of hydrogen-bond acceptors (Lipinski definition) is 7. The van der Waals surface area contributed by atoms with Crippen LogP contribution in [0.5, 0.6) is 0 Å². The molecule has 3 amide bonds. The molecule has 4 unspecified atom stereocenters. The number of hydrogen-bond donors (Lipinski definition) is 2. The summed E-state index contributed by atoms with van der Waals surface area (Å²) < 4.78 is 10.0. The lowest BCUT2D eigenvalue weighted by Crippen LogP contribution is -2.64. The number of ether oxygens (including phenoxy) is 2. The minimum absolute atomic E-state index is 0.00665. The van der Waals surface area contributed by atoms with E-state index in [0.717, 1.165) is 0 Å². The second kappa shape index (κ2) is 7.58. The Labute approximate surface area is 151 Å². The summed E-state index contributed by atoms with van der Waals surface area (Å²) in [5, 5.41) is 8.33. The zero-order valence-electron chi connectivity index (χ0n) is 14.9. The molecule has 0 spiro atoms. The van der Waals surface area contributed by atoms with Crippen molar-refractivity contribution in [1.29, 1.82) is 0 Å². The normalized spacial score (nSPS) is 32.2. The molecule has 3 heterocycles. The van der Waals surface area contributed by atoms with Crippen molar-refractivity contribution in [3.05, 3.63) is 0 Å². The summed E-state index contributed by atoms with van der Waals surface area (Å²) in [6.45, 7) is 0.413.